The molecule has 6 heteroatoms. The second kappa shape index (κ2) is 5.69. The molecule has 0 spiro atoms. The fraction of sp³-hybridized carbons (Fsp3) is 0.462. The number of rotatable bonds is 4. The van der Waals surface area contributed by atoms with Crippen molar-refractivity contribution >= 4 is 11.9 Å². The van der Waals surface area contributed by atoms with Crippen LogP contribution in [0.5, 0.6) is 0 Å². The Morgan fingerprint density at radius 3 is 2.63 bits per heavy atom. The fourth-order valence-electron chi connectivity index (χ4n) is 2.47. The Bertz CT molecular complexity index is 531. The summed E-state index contributed by atoms with van der Waals surface area (Å²) in [6, 6.07) is 1.18. The van der Waals surface area contributed by atoms with Crippen LogP contribution in [0.25, 0.3) is 0 Å². The number of nitrogens with one attached hydrogen (secondary N) is 1. The first-order valence-electron chi connectivity index (χ1n) is 6.29. The molecular weight excluding hydrogens is 248 g/mol. The van der Waals surface area contributed by atoms with Crippen LogP contribution in [0.15, 0.2) is 23.3 Å². The average Bonchev–Trinajstić information content (AvgIpc) is 2.89. The second-order valence-electron chi connectivity index (χ2n) is 4.69. The van der Waals surface area contributed by atoms with Crippen LogP contribution in [0.2, 0.25) is 0 Å². The van der Waals surface area contributed by atoms with Crippen molar-refractivity contribution in [1.29, 1.82) is 0 Å². The summed E-state index contributed by atoms with van der Waals surface area (Å²) in [5.41, 5.74) is -0.396. The summed E-state index contributed by atoms with van der Waals surface area (Å²) in [6.45, 7) is -0.363. The van der Waals surface area contributed by atoms with E-state index in [1.54, 1.807) is 0 Å². The van der Waals surface area contributed by atoms with Gasteiger partial charge >= 0.3 is 5.97 Å². The van der Waals surface area contributed by atoms with E-state index in [9.17, 15) is 14.4 Å². The lowest BCUT2D eigenvalue weighted by Crippen LogP contribution is -2.43. The molecule has 1 aromatic heterocycles. The highest BCUT2D eigenvalue weighted by Crippen LogP contribution is 2.24. The molecule has 0 saturated heterocycles. The summed E-state index contributed by atoms with van der Waals surface area (Å²) in [7, 11) is 0. The van der Waals surface area contributed by atoms with Crippen LogP contribution in [-0.4, -0.2) is 39.5 Å². The summed E-state index contributed by atoms with van der Waals surface area (Å²) in [4.78, 5) is 38.9. The third-order valence-electron chi connectivity index (χ3n) is 3.39. The number of carbonyl (C=O) groups excluding carboxylic acids is 1. The summed E-state index contributed by atoms with van der Waals surface area (Å²) in [5.74, 6) is -1.57. The van der Waals surface area contributed by atoms with Gasteiger partial charge < -0.3 is 15.0 Å². The van der Waals surface area contributed by atoms with Gasteiger partial charge in [0.2, 0.25) is 0 Å². The Labute approximate surface area is 110 Å². The van der Waals surface area contributed by atoms with Crippen LogP contribution in [0.4, 0.5) is 0 Å². The number of nitrogens with zero attached hydrogens (tertiary/aromatic N) is 1. The predicted molar refractivity (Wildman–Crippen MR) is 68.0 cm³/mol. The molecule has 0 aliphatic heterocycles. The van der Waals surface area contributed by atoms with Gasteiger partial charge in [0.25, 0.3) is 5.91 Å². The molecule has 0 radical (unpaired) electrons. The van der Waals surface area contributed by atoms with Crippen molar-refractivity contribution < 1.29 is 14.7 Å². The van der Waals surface area contributed by atoms with Gasteiger partial charge in [-0.25, -0.2) is 0 Å². The highest BCUT2D eigenvalue weighted by molar-refractivity contribution is 5.95. The van der Waals surface area contributed by atoms with E-state index >= 15 is 0 Å². The van der Waals surface area contributed by atoms with E-state index in [0.29, 0.717) is 0 Å². The highest BCUT2D eigenvalue weighted by Gasteiger charge is 2.29. The van der Waals surface area contributed by atoms with E-state index in [-0.39, 0.29) is 18.2 Å². The fourth-order valence-corrected chi connectivity index (χ4v) is 2.47. The van der Waals surface area contributed by atoms with E-state index in [2.05, 4.69) is 4.98 Å². The van der Waals surface area contributed by atoms with Gasteiger partial charge in [-0.3, -0.25) is 14.4 Å². The van der Waals surface area contributed by atoms with E-state index < -0.39 is 17.3 Å². The van der Waals surface area contributed by atoms with Crippen LogP contribution >= 0.6 is 0 Å². The van der Waals surface area contributed by atoms with Gasteiger partial charge in [0.1, 0.15) is 12.1 Å². The van der Waals surface area contributed by atoms with E-state index in [4.69, 9.17) is 5.11 Å². The number of aromatic nitrogens is 1. The Morgan fingerprint density at radius 2 is 2.05 bits per heavy atom. The third-order valence-corrected chi connectivity index (χ3v) is 3.39. The first-order valence-corrected chi connectivity index (χ1v) is 6.29. The van der Waals surface area contributed by atoms with Gasteiger partial charge in [-0.2, -0.15) is 0 Å². The first kappa shape index (κ1) is 13.3. The minimum absolute atomic E-state index is 0.00403. The van der Waals surface area contributed by atoms with Crippen molar-refractivity contribution in [3.63, 3.8) is 0 Å². The molecule has 19 heavy (non-hydrogen) atoms. The summed E-state index contributed by atoms with van der Waals surface area (Å²) >= 11 is 0. The Hall–Kier alpha value is -2.11. The van der Waals surface area contributed by atoms with Crippen LogP contribution in [-0.2, 0) is 4.79 Å². The molecular formula is C13H16N2O4. The van der Waals surface area contributed by atoms with Crippen LogP contribution in [0, 0.1) is 0 Å². The largest absolute Gasteiger partial charge is 0.480 e. The first-order chi connectivity index (χ1) is 9.09. The summed E-state index contributed by atoms with van der Waals surface area (Å²) < 4.78 is 0. The van der Waals surface area contributed by atoms with E-state index in [1.165, 1.54) is 23.4 Å². The molecule has 1 aliphatic carbocycles. The van der Waals surface area contributed by atoms with Crippen molar-refractivity contribution in [1.82, 2.24) is 9.88 Å². The van der Waals surface area contributed by atoms with Gasteiger partial charge in [0.15, 0.2) is 5.43 Å². The Kier molecular flexibility index (Phi) is 3.99. The molecule has 2 rings (SSSR count). The standard InChI is InChI=1S/C13H16N2O4/c16-11-5-6-14-7-10(11)13(19)15(8-12(17)18)9-3-1-2-4-9/h5-7,9H,1-4,8H2,(H,14,16)(H,17,18). The third kappa shape index (κ3) is 3.01. The minimum atomic E-state index is -1.06. The van der Waals surface area contributed by atoms with Crippen molar-refractivity contribution in [3.05, 3.63) is 34.2 Å². The molecule has 102 valence electrons. The smallest absolute Gasteiger partial charge is 0.323 e. The van der Waals surface area contributed by atoms with Crippen LogP contribution in [0.1, 0.15) is 36.0 Å². The van der Waals surface area contributed by atoms with E-state index in [0.717, 1.165) is 25.7 Å². The molecule has 1 fully saturated rings. The molecule has 0 atom stereocenters. The summed E-state index contributed by atoms with van der Waals surface area (Å²) in [6.07, 6.45) is 6.33. The summed E-state index contributed by atoms with van der Waals surface area (Å²) in [5, 5.41) is 8.93. The lowest BCUT2D eigenvalue weighted by atomic mass is 10.1. The van der Waals surface area contributed by atoms with Crippen LogP contribution in [0.3, 0.4) is 0 Å². The van der Waals surface area contributed by atoms with Crippen molar-refractivity contribution in [2.45, 2.75) is 31.7 Å². The van der Waals surface area contributed by atoms with Gasteiger partial charge in [-0.05, 0) is 12.8 Å². The quantitative estimate of drug-likeness (QED) is 0.843. The zero-order valence-corrected chi connectivity index (χ0v) is 10.5. The van der Waals surface area contributed by atoms with Crippen molar-refractivity contribution in [2.24, 2.45) is 0 Å². The topological polar surface area (TPSA) is 90.5 Å². The number of hydrogen-bond acceptors (Lipinski definition) is 3. The molecule has 2 N–H and O–H groups in total. The zero-order valence-electron chi connectivity index (χ0n) is 10.5. The highest BCUT2D eigenvalue weighted by atomic mass is 16.4. The zero-order chi connectivity index (χ0) is 13.8. The molecule has 1 aromatic rings. The lowest BCUT2D eigenvalue weighted by molar-refractivity contribution is -0.138. The van der Waals surface area contributed by atoms with Gasteiger partial charge in [0, 0.05) is 24.5 Å². The molecule has 0 bridgehead atoms. The molecule has 0 aromatic carbocycles. The Morgan fingerprint density at radius 1 is 1.37 bits per heavy atom. The number of pyridine rings is 1. The number of H-pyrrole nitrogens is 1. The predicted octanol–water partition coefficient (Wildman–Crippen LogP) is 0.844. The maximum Gasteiger partial charge on any atom is 0.323 e. The number of aromatic amines is 1. The molecule has 1 heterocycles. The average molecular weight is 264 g/mol. The number of carbonyl (C=O) groups is 2. The maximum absolute atomic E-state index is 12.3. The van der Waals surface area contributed by atoms with Gasteiger partial charge in [-0.15, -0.1) is 0 Å². The molecule has 1 aliphatic rings. The van der Waals surface area contributed by atoms with Gasteiger partial charge in [-0.1, -0.05) is 12.8 Å². The SMILES string of the molecule is O=C(O)CN(C(=O)c1c[nH]ccc1=O)C1CCCC1. The van der Waals surface area contributed by atoms with Crippen molar-refractivity contribution in [2.75, 3.05) is 6.54 Å². The molecule has 1 saturated carbocycles. The Balaban J connectivity index is 2.27. The molecule has 0 unspecified atom stereocenters. The number of carboxylic acid groups (broad SMARTS) is 1. The second-order valence-corrected chi connectivity index (χ2v) is 4.69. The monoisotopic (exact) mass is 264 g/mol. The lowest BCUT2D eigenvalue weighted by Gasteiger charge is -2.27. The minimum Gasteiger partial charge on any atom is -0.480 e. The number of hydrogen-bond donors (Lipinski definition) is 2. The number of amides is 1. The maximum atomic E-state index is 12.3. The number of carboxylic acids is 1. The van der Waals surface area contributed by atoms with Crippen molar-refractivity contribution in [3.8, 4) is 0 Å². The number of aliphatic carboxylic acids is 1. The van der Waals surface area contributed by atoms with E-state index in [1.807, 2.05) is 0 Å². The molecule has 1 amide bonds. The van der Waals surface area contributed by atoms with Crippen LogP contribution < -0.4 is 5.43 Å². The van der Waals surface area contributed by atoms with Gasteiger partial charge in [0.05, 0.1) is 0 Å². The molecule has 6 nitrogen and oxygen atoms in total. The normalized spacial score (nSPS) is 15.4.